The molecule has 0 aromatic heterocycles. The van der Waals surface area contributed by atoms with Gasteiger partial charge in [-0.3, -0.25) is 38.4 Å². The van der Waals surface area contributed by atoms with Crippen LogP contribution in [-0.2, 0) is 38.4 Å². The minimum atomic E-state index is -1.44. The van der Waals surface area contributed by atoms with Crippen molar-refractivity contribution in [3.8, 4) is 0 Å². The Balaban J connectivity index is 0.000000320. The number of likely N-dealkylation sites (N-methyl/N-ethyl adjacent to an activating group) is 4. The van der Waals surface area contributed by atoms with Gasteiger partial charge in [0.05, 0.1) is 46.4 Å². The Kier molecular flexibility index (Phi) is 16.9. The number of rotatable bonds is 16. The molecule has 324 valence electrons. The van der Waals surface area contributed by atoms with Gasteiger partial charge in [0.15, 0.2) is 12.1 Å². The SMILES string of the molecule is C=CC[C@H](C(=O)O)[C@@H](CC(C)C)C(=O)NC1C(=O)N(C)c2ccccc2N(C)C1=O.C=CC[C@H](C(N)=O)[C@@H](CC(C)C)C(=O)NC1C(=O)N(C)c2ccccc2N(C)C1=O. The molecule has 4 atom stereocenters. The number of anilines is 4. The smallest absolute Gasteiger partial charge is 0.307 e. The molecule has 0 saturated carbocycles. The van der Waals surface area contributed by atoms with Crippen LogP contribution in [0.5, 0.6) is 0 Å². The van der Waals surface area contributed by atoms with Crippen LogP contribution in [0.1, 0.15) is 53.4 Å². The monoisotopic (exact) mass is 829 g/mol. The first-order chi connectivity index (χ1) is 28.2. The molecular formula is C44H59N7O9. The van der Waals surface area contributed by atoms with E-state index in [0.29, 0.717) is 35.6 Å². The van der Waals surface area contributed by atoms with Crippen LogP contribution in [0.15, 0.2) is 73.8 Å². The third-order valence-corrected chi connectivity index (χ3v) is 10.7. The van der Waals surface area contributed by atoms with Crippen molar-refractivity contribution in [3.63, 3.8) is 0 Å². The minimum Gasteiger partial charge on any atom is -0.481 e. The molecule has 0 saturated heterocycles. The molecule has 2 aromatic rings. The molecule has 0 aliphatic carbocycles. The largest absolute Gasteiger partial charge is 0.481 e. The lowest BCUT2D eigenvalue weighted by molar-refractivity contribution is -0.148. The Morgan fingerprint density at radius 1 is 0.600 bits per heavy atom. The van der Waals surface area contributed by atoms with E-state index in [9.17, 15) is 43.5 Å². The number of allylic oxidation sites excluding steroid dienone is 2. The fourth-order valence-electron chi connectivity index (χ4n) is 7.47. The van der Waals surface area contributed by atoms with Gasteiger partial charge in [0.25, 0.3) is 23.6 Å². The first-order valence-electron chi connectivity index (χ1n) is 19.8. The summed E-state index contributed by atoms with van der Waals surface area (Å²) in [6.07, 6.45) is 4.03. The number of primary amides is 1. The van der Waals surface area contributed by atoms with Crippen LogP contribution in [0.2, 0.25) is 0 Å². The highest BCUT2D eigenvalue weighted by molar-refractivity contribution is 6.22. The van der Waals surface area contributed by atoms with E-state index in [1.54, 1.807) is 62.6 Å². The minimum absolute atomic E-state index is 0.0440. The summed E-state index contributed by atoms with van der Waals surface area (Å²) in [5.41, 5.74) is 7.76. The Morgan fingerprint density at radius 3 is 1.13 bits per heavy atom. The van der Waals surface area contributed by atoms with Gasteiger partial charge in [0, 0.05) is 28.2 Å². The summed E-state index contributed by atoms with van der Waals surface area (Å²) in [6.45, 7) is 14.8. The summed E-state index contributed by atoms with van der Waals surface area (Å²) < 4.78 is 0. The highest BCUT2D eigenvalue weighted by atomic mass is 16.4. The van der Waals surface area contributed by atoms with Gasteiger partial charge in [0.1, 0.15) is 0 Å². The number of para-hydroxylation sites is 4. The molecule has 7 amide bonds. The van der Waals surface area contributed by atoms with E-state index < -0.39 is 83.1 Å². The van der Waals surface area contributed by atoms with Gasteiger partial charge in [-0.15, -0.1) is 13.2 Å². The van der Waals surface area contributed by atoms with Gasteiger partial charge < -0.3 is 41.1 Å². The predicted molar refractivity (Wildman–Crippen MR) is 230 cm³/mol. The number of carboxylic acid groups (broad SMARTS) is 1. The number of nitrogens with zero attached hydrogens (tertiary/aromatic N) is 4. The molecule has 0 bridgehead atoms. The standard InChI is InChI=1S/C22H30N4O4.C22H29N3O5/c1-6-9-14(19(23)27)15(12-13(2)3)20(28)24-18-21(29)25(4)16-10-7-8-11-17(16)26(5)22(18)30;1-6-9-14(22(29)30)15(12-13(2)3)19(26)23-18-20(27)24(4)16-10-7-8-11-17(16)25(5)21(18)28/h6-8,10-11,13-15,18H,1,9,12H2,2-5H3,(H2,23,27)(H,24,28);6-8,10-11,13-15,18H,1,9,12H2,2-5H3,(H,23,26)(H,29,30)/t2*14-,15+/m00/s1. The van der Waals surface area contributed by atoms with Crippen molar-refractivity contribution in [2.75, 3.05) is 47.8 Å². The molecular weight excluding hydrogens is 771 g/mol. The second-order valence-corrected chi connectivity index (χ2v) is 15.9. The van der Waals surface area contributed by atoms with E-state index in [-0.39, 0.29) is 24.7 Å². The Bertz CT molecular complexity index is 1760. The van der Waals surface area contributed by atoms with E-state index in [0.717, 1.165) is 0 Å². The maximum Gasteiger partial charge on any atom is 0.307 e. The van der Waals surface area contributed by atoms with Gasteiger partial charge in [0.2, 0.25) is 17.7 Å². The molecule has 0 spiro atoms. The van der Waals surface area contributed by atoms with Crippen LogP contribution in [0.3, 0.4) is 0 Å². The number of hydrogen-bond donors (Lipinski definition) is 4. The maximum atomic E-state index is 13.2. The fraction of sp³-hybridized carbons (Fsp3) is 0.455. The highest BCUT2D eigenvalue weighted by Gasteiger charge is 2.43. The molecule has 0 radical (unpaired) electrons. The Morgan fingerprint density at radius 2 is 0.883 bits per heavy atom. The van der Waals surface area contributed by atoms with E-state index in [1.165, 1.54) is 45.8 Å². The summed E-state index contributed by atoms with van der Waals surface area (Å²) in [5.74, 6) is -8.46. The molecule has 0 fully saturated rings. The van der Waals surface area contributed by atoms with Gasteiger partial charge in [-0.05, 0) is 61.8 Å². The highest BCUT2D eigenvalue weighted by Crippen LogP contribution is 2.34. The second-order valence-electron chi connectivity index (χ2n) is 15.9. The number of carbonyl (C=O) groups is 8. The number of fused-ring (bicyclic) bond motifs is 2. The number of nitrogens with one attached hydrogen (secondary N) is 2. The van der Waals surface area contributed by atoms with Gasteiger partial charge in [-0.1, -0.05) is 64.1 Å². The number of carbonyl (C=O) groups excluding carboxylic acids is 7. The fourth-order valence-corrected chi connectivity index (χ4v) is 7.47. The molecule has 4 rings (SSSR count). The lowest BCUT2D eigenvalue weighted by atomic mass is 9.82. The van der Waals surface area contributed by atoms with Gasteiger partial charge in [-0.2, -0.15) is 0 Å². The second kappa shape index (κ2) is 21.1. The Hall–Kier alpha value is -6.32. The first-order valence-corrected chi connectivity index (χ1v) is 19.8. The summed E-state index contributed by atoms with van der Waals surface area (Å²) in [6, 6.07) is 11.1. The third-order valence-electron chi connectivity index (χ3n) is 10.7. The average molecular weight is 830 g/mol. The molecule has 2 heterocycles. The van der Waals surface area contributed by atoms with Crippen LogP contribution in [0.4, 0.5) is 22.7 Å². The van der Waals surface area contributed by atoms with E-state index >= 15 is 0 Å². The predicted octanol–water partition coefficient (Wildman–Crippen LogP) is 3.50. The zero-order valence-electron chi connectivity index (χ0n) is 35.7. The maximum absolute atomic E-state index is 13.2. The van der Waals surface area contributed by atoms with Crippen LogP contribution >= 0.6 is 0 Å². The summed E-state index contributed by atoms with van der Waals surface area (Å²) in [5, 5.41) is 14.7. The first kappa shape index (κ1) is 48.1. The third kappa shape index (κ3) is 11.0. The van der Waals surface area contributed by atoms with Crippen molar-refractivity contribution < 1.29 is 43.5 Å². The number of benzene rings is 2. The lowest BCUT2D eigenvalue weighted by Gasteiger charge is -2.27. The molecule has 2 aliphatic rings. The molecule has 60 heavy (non-hydrogen) atoms. The molecule has 2 aromatic carbocycles. The number of nitrogens with two attached hydrogens (primary N) is 1. The van der Waals surface area contributed by atoms with Crippen molar-refractivity contribution in [3.05, 3.63) is 73.8 Å². The molecule has 5 N–H and O–H groups in total. The van der Waals surface area contributed by atoms with E-state index in [1.807, 2.05) is 27.7 Å². The van der Waals surface area contributed by atoms with Crippen molar-refractivity contribution >= 4 is 70.1 Å². The molecule has 2 aliphatic heterocycles. The number of amides is 7. The Labute approximate surface area is 351 Å². The number of hydrogen-bond acceptors (Lipinski definition) is 8. The summed E-state index contributed by atoms with van der Waals surface area (Å²) >= 11 is 0. The van der Waals surface area contributed by atoms with Crippen LogP contribution in [0.25, 0.3) is 0 Å². The quantitative estimate of drug-likeness (QED) is 0.144. The molecule has 16 nitrogen and oxygen atoms in total. The topological polar surface area (TPSA) is 220 Å². The van der Waals surface area contributed by atoms with E-state index in [2.05, 4.69) is 23.8 Å². The number of carboxylic acids is 1. The number of aliphatic carboxylic acids is 1. The summed E-state index contributed by atoms with van der Waals surface area (Å²) in [7, 11) is 6.19. The van der Waals surface area contributed by atoms with Crippen LogP contribution < -0.4 is 36.0 Å². The van der Waals surface area contributed by atoms with E-state index in [4.69, 9.17) is 5.73 Å². The molecule has 16 heteroatoms. The molecule has 0 unspecified atom stereocenters. The zero-order chi connectivity index (χ0) is 45.2. The van der Waals surface area contributed by atoms with Crippen LogP contribution in [-0.4, -0.2) is 92.7 Å². The van der Waals surface area contributed by atoms with Crippen molar-refractivity contribution in [1.82, 2.24) is 10.6 Å². The lowest BCUT2D eigenvalue weighted by Crippen LogP contribution is -2.56. The van der Waals surface area contributed by atoms with Gasteiger partial charge in [-0.25, -0.2) is 0 Å². The van der Waals surface area contributed by atoms with Crippen LogP contribution in [0, 0.1) is 35.5 Å². The van der Waals surface area contributed by atoms with Crippen molar-refractivity contribution in [2.24, 2.45) is 41.2 Å². The van der Waals surface area contributed by atoms with Crippen molar-refractivity contribution in [2.45, 2.75) is 65.5 Å². The van der Waals surface area contributed by atoms with Gasteiger partial charge >= 0.3 is 5.97 Å². The average Bonchev–Trinajstić information content (AvgIpc) is 3.31. The zero-order valence-corrected chi connectivity index (χ0v) is 35.7. The summed E-state index contributed by atoms with van der Waals surface area (Å²) in [4.78, 5) is 107. The van der Waals surface area contributed by atoms with Crippen molar-refractivity contribution in [1.29, 1.82) is 0 Å². The normalized spacial score (nSPS) is 16.7.